The number of hydrogen-bond donors (Lipinski definition) is 0. The second-order valence-electron chi connectivity index (χ2n) is 4.65. The molecule has 0 aliphatic carbocycles. The van der Waals surface area contributed by atoms with Gasteiger partial charge in [-0.15, -0.1) is 0 Å². The average molecular weight is 281 g/mol. The van der Waals surface area contributed by atoms with Gasteiger partial charge in [-0.2, -0.15) is 0 Å². The average Bonchev–Trinajstić information content (AvgIpc) is 2.39. The van der Waals surface area contributed by atoms with Crippen molar-refractivity contribution in [2.75, 3.05) is 13.2 Å². The fraction of sp³-hybridized carbons (Fsp3) is 0.467. The first-order chi connectivity index (χ1) is 9.45. The molecule has 0 aliphatic rings. The summed E-state index contributed by atoms with van der Waals surface area (Å²) in [5.41, 5.74) is 0.406. The molecule has 1 aromatic carbocycles. The number of halogens is 1. The van der Waals surface area contributed by atoms with Crippen LogP contribution in [0.5, 0.6) is 0 Å². The number of benzene rings is 1. The Hall–Kier alpha value is -1.91. The summed E-state index contributed by atoms with van der Waals surface area (Å²) >= 11 is 0. The van der Waals surface area contributed by atoms with Gasteiger partial charge < -0.3 is 9.64 Å². The number of ether oxygens (including phenoxy) is 1. The van der Waals surface area contributed by atoms with E-state index in [2.05, 4.69) is 0 Å². The Kier molecular flexibility index (Phi) is 6.15. The molecule has 0 fully saturated rings. The molecule has 0 bridgehead atoms. The molecular weight excluding hydrogens is 261 g/mol. The highest BCUT2D eigenvalue weighted by Gasteiger charge is 2.19. The van der Waals surface area contributed by atoms with Crippen LogP contribution >= 0.6 is 0 Å². The van der Waals surface area contributed by atoms with Crippen molar-refractivity contribution < 1.29 is 18.7 Å². The van der Waals surface area contributed by atoms with E-state index in [0.29, 0.717) is 12.2 Å². The van der Waals surface area contributed by atoms with Gasteiger partial charge in [-0.25, -0.2) is 4.39 Å². The van der Waals surface area contributed by atoms with Crippen molar-refractivity contribution in [1.29, 1.82) is 0 Å². The molecule has 0 N–H and O–H groups in total. The number of carbonyl (C=O) groups excluding carboxylic acids is 2. The van der Waals surface area contributed by atoms with Crippen molar-refractivity contribution in [2.45, 2.75) is 33.2 Å². The number of amides is 1. The van der Waals surface area contributed by atoms with Gasteiger partial charge in [0.2, 0.25) is 0 Å². The molecule has 0 saturated carbocycles. The summed E-state index contributed by atoms with van der Waals surface area (Å²) in [7, 11) is 0. The van der Waals surface area contributed by atoms with Crippen molar-refractivity contribution >= 4 is 11.9 Å². The van der Waals surface area contributed by atoms with E-state index in [1.165, 1.54) is 24.3 Å². The van der Waals surface area contributed by atoms with Crippen LogP contribution in [-0.2, 0) is 9.53 Å². The van der Waals surface area contributed by atoms with Crippen molar-refractivity contribution in [3.05, 3.63) is 35.6 Å². The zero-order chi connectivity index (χ0) is 15.1. The predicted octanol–water partition coefficient (Wildman–Crippen LogP) is 2.63. The third kappa shape index (κ3) is 4.64. The monoisotopic (exact) mass is 281 g/mol. The molecule has 20 heavy (non-hydrogen) atoms. The minimum atomic E-state index is -0.385. The van der Waals surface area contributed by atoms with E-state index in [0.717, 1.165) is 0 Å². The van der Waals surface area contributed by atoms with Crippen LogP contribution < -0.4 is 0 Å². The van der Waals surface area contributed by atoms with Crippen LogP contribution in [0, 0.1) is 5.82 Å². The lowest BCUT2D eigenvalue weighted by Gasteiger charge is -2.26. The highest BCUT2D eigenvalue weighted by molar-refractivity contribution is 5.94. The molecule has 0 spiro atoms. The second-order valence-corrected chi connectivity index (χ2v) is 4.65. The molecule has 0 aromatic heterocycles. The SMILES string of the molecule is CCOC(=O)CCN(C(=O)c1ccc(F)cc1)C(C)C. The third-order valence-electron chi connectivity index (χ3n) is 2.84. The van der Waals surface area contributed by atoms with E-state index < -0.39 is 0 Å². The Morgan fingerprint density at radius 3 is 2.35 bits per heavy atom. The Bertz CT molecular complexity index is 457. The largest absolute Gasteiger partial charge is 0.466 e. The van der Waals surface area contributed by atoms with Crippen LogP contribution in [-0.4, -0.2) is 36.0 Å². The summed E-state index contributed by atoms with van der Waals surface area (Å²) < 4.78 is 17.7. The van der Waals surface area contributed by atoms with E-state index in [-0.39, 0.29) is 36.7 Å². The molecule has 1 rings (SSSR count). The van der Waals surface area contributed by atoms with Crippen LogP contribution in [0.1, 0.15) is 37.6 Å². The molecule has 0 radical (unpaired) electrons. The molecule has 110 valence electrons. The molecule has 5 heteroatoms. The van der Waals surface area contributed by atoms with Gasteiger partial charge in [0, 0.05) is 18.2 Å². The highest BCUT2D eigenvalue weighted by Crippen LogP contribution is 2.10. The molecule has 0 atom stereocenters. The van der Waals surface area contributed by atoms with Crippen LogP contribution in [0.4, 0.5) is 4.39 Å². The van der Waals surface area contributed by atoms with Crippen LogP contribution in [0.25, 0.3) is 0 Å². The summed E-state index contributed by atoms with van der Waals surface area (Å²) in [5.74, 6) is -0.932. The molecule has 1 aromatic rings. The summed E-state index contributed by atoms with van der Waals surface area (Å²) in [6, 6.07) is 5.32. The predicted molar refractivity (Wildman–Crippen MR) is 73.8 cm³/mol. The maximum atomic E-state index is 12.9. The fourth-order valence-corrected chi connectivity index (χ4v) is 1.80. The van der Waals surface area contributed by atoms with E-state index >= 15 is 0 Å². The molecule has 0 heterocycles. The van der Waals surface area contributed by atoms with E-state index in [1.807, 2.05) is 13.8 Å². The van der Waals surface area contributed by atoms with Crippen molar-refractivity contribution in [1.82, 2.24) is 4.90 Å². The highest BCUT2D eigenvalue weighted by atomic mass is 19.1. The van der Waals surface area contributed by atoms with E-state index in [4.69, 9.17) is 4.74 Å². The topological polar surface area (TPSA) is 46.6 Å². The van der Waals surface area contributed by atoms with E-state index in [1.54, 1.807) is 11.8 Å². The van der Waals surface area contributed by atoms with E-state index in [9.17, 15) is 14.0 Å². The van der Waals surface area contributed by atoms with Gasteiger partial charge in [0.05, 0.1) is 13.0 Å². The Morgan fingerprint density at radius 1 is 1.25 bits per heavy atom. The smallest absolute Gasteiger partial charge is 0.307 e. The van der Waals surface area contributed by atoms with Crippen molar-refractivity contribution in [3.8, 4) is 0 Å². The normalized spacial score (nSPS) is 10.4. The first-order valence-electron chi connectivity index (χ1n) is 6.67. The first kappa shape index (κ1) is 16.1. The minimum absolute atomic E-state index is 0.0537. The summed E-state index contributed by atoms with van der Waals surface area (Å²) in [5, 5.41) is 0. The number of hydrogen-bond acceptors (Lipinski definition) is 3. The number of carbonyl (C=O) groups is 2. The van der Waals surface area contributed by atoms with Crippen LogP contribution in [0.3, 0.4) is 0 Å². The second kappa shape index (κ2) is 7.62. The van der Waals surface area contributed by atoms with Gasteiger partial charge in [0.15, 0.2) is 0 Å². The third-order valence-corrected chi connectivity index (χ3v) is 2.84. The molecule has 4 nitrogen and oxygen atoms in total. The molecular formula is C15H20FNO3. The molecule has 1 amide bonds. The minimum Gasteiger partial charge on any atom is -0.466 e. The maximum absolute atomic E-state index is 12.9. The van der Waals surface area contributed by atoms with Crippen molar-refractivity contribution in [2.24, 2.45) is 0 Å². The summed E-state index contributed by atoms with van der Waals surface area (Å²) in [6.07, 6.45) is 0.152. The van der Waals surface area contributed by atoms with Crippen LogP contribution in [0.2, 0.25) is 0 Å². The number of rotatable bonds is 6. The standard InChI is InChI=1S/C15H20FNO3/c1-4-20-14(18)9-10-17(11(2)3)15(19)12-5-7-13(16)8-6-12/h5-8,11H,4,9-10H2,1-3H3. The van der Waals surface area contributed by atoms with Crippen molar-refractivity contribution in [3.63, 3.8) is 0 Å². The van der Waals surface area contributed by atoms with Gasteiger partial charge in [-0.1, -0.05) is 0 Å². The summed E-state index contributed by atoms with van der Waals surface area (Å²) in [6.45, 7) is 6.08. The Balaban J connectivity index is 2.72. The Morgan fingerprint density at radius 2 is 1.85 bits per heavy atom. The number of nitrogens with zero attached hydrogens (tertiary/aromatic N) is 1. The van der Waals surface area contributed by atoms with Gasteiger partial charge in [-0.05, 0) is 45.0 Å². The molecule has 0 aliphatic heterocycles. The molecule has 0 unspecified atom stereocenters. The van der Waals surface area contributed by atoms with Gasteiger partial charge in [0.1, 0.15) is 5.82 Å². The zero-order valence-electron chi connectivity index (χ0n) is 12.1. The van der Waals surface area contributed by atoms with Gasteiger partial charge in [-0.3, -0.25) is 9.59 Å². The zero-order valence-corrected chi connectivity index (χ0v) is 12.1. The summed E-state index contributed by atoms with van der Waals surface area (Å²) in [4.78, 5) is 25.3. The quantitative estimate of drug-likeness (QED) is 0.753. The lowest BCUT2D eigenvalue weighted by molar-refractivity contribution is -0.143. The van der Waals surface area contributed by atoms with Crippen LogP contribution in [0.15, 0.2) is 24.3 Å². The first-order valence-corrected chi connectivity index (χ1v) is 6.67. The van der Waals surface area contributed by atoms with Gasteiger partial charge in [0.25, 0.3) is 5.91 Å². The fourth-order valence-electron chi connectivity index (χ4n) is 1.80. The van der Waals surface area contributed by atoms with Gasteiger partial charge >= 0.3 is 5.97 Å². The Labute approximate surface area is 118 Å². The lowest BCUT2D eigenvalue weighted by Crippen LogP contribution is -2.38. The maximum Gasteiger partial charge on any atom is 0.307 e. The number of esters is 1. The lowest BCUT2D eigenvalue weighted by atomic mass is 10.1. The molecule has 0 saturated heterocycles.